The zero-order valence-corrected chi connectivity index (χ0v) is 18.7. The van der Waals surface area contributed by atoms with Crippen molar-refractivity contribution in [2.24, 2.45) is 5.73 Å². The lowest BCUT2D eigenvalue weighted by atomic mass is 9.99. The largest absolute Gasteiger partial charge is 0.379 e. The minimum absolute atomic E-state index is 0.230. The molecule has 1 saturated heterocycles. The van der Waals surface area contributed by atoms with Crippen molar-refractivity contribution in [1.82, 2.24) is 4.90 Å². The summed E-state index contributed by atoms with van der Waals surface area (Å²) in [6.07, 6.45) is 0. The maximum Gasteiger partial charge on any atom is 0.258 e. The molecule has 2 aliphatic heterocycles. The summed E-state index contributed by atoms with van der Waals surface area (Å²) in [6, 6.07) is 23.0. The topological polar surface area (TPSA) is 96.7 Å². The van der Waals surface area contributed by atoms with Crippen LogP contribution in [0.2, 0.25) is 0 Å². The van der Waals surface area contributed by atoms with E-state index in [-0.39, 0.29) is 5.91 Å². The van der Waals surface area contributed by atoms with Crippen LogP contribution in [0.5, 0.6) is 0 Å². The van der Waals surface area contributed by atoms with Gasteiger partial charge in [0.15, 0.2) is 0 Å². The molecule has 4 N–H and O–H groups in total. The third-order valence-electron chi connectivity index (χ3n) is 6.09. The van der Waals surface area contributed by atoms with Crippen molar-refractivity contribution in [3.05, 3.63) is 95.1 Å². The lowest BCUT2D eigenvalue weighted by Crippen LogP contribution is -2.35. The maximum absolute atomic E-state index is 13.1. The second-order valence-electron chi connectivity index (χ2n) is 8.41. The summed E-state index contributed by atoms with van der Waals surface area (Å²) in [7, 11) is 0. The number of carbonyl (C=O) groups is 2. The smallest absolute Gasteiger partial charge is 0.258 e. The highest BCUT2D eigenvalue weighted by Gasteiger charge is 2.29. The van der Waals surface area contributed by atoms with Crippen LogP contribution in [-0.2, 0) is 16.1 Å². The van der Waals surface area contributed by atoms with Crippen LogP contribution < -0.4 is 16.4 Å². The SMILES string of the molecule is NC(=O)c1ccc2c(c1)NC(=O)/C2=C(\Nc1ccc(CN2CCOCC2)cc1)c1ccccc1. The Hall–Kier alpha value is -3.94. The zero-order valence-electron chi connectivity index (χ0n) is 18.7. The van der Waals surface area contributed by atoms with E-state index in [0.29, 0.717) is 22.5 Å². The second-order valence-corrected chi connectivity index (χ2v) is 8.41. The van der Waals surface area contributed by atoms with Gasteiger partial charge in [-0.3, -0.25) is 14.5 Å². The molecular weight excluding hydrogens is 428 g/mol. The molecule has 2 heterocycles. The molecule has 5 rings (SSSR count). The van der Waals surface area contributed by atoms with Crippen molar-refractivity contribution in [2.45, 2.75) is 6.54 Å². The summed E-state index contributed by atoms with van der Waals surface area (Å²) in [5.74, 6) is -0.764. The predicted molar refractivity (Wildman–Crippen MR) is 133 cm³/mol. The average molecular weight is 455 g/mol. The summed E-state index contributed by atoms with van der Waals surface area (Å²) >= 11 is 0. The van der Waals surface area contributed by atoms with E-state index in [1.54, 1.807) is 18.2 Å². The number of primary amides is 1. The molecule has 0 aliphatic carbocycles. The van der Waals surface area contributed by atoms with Crippen molar-refractivity contribution in [3.63, 3.8) is 0 Å². The van der Waals surface area contributed by atoms with Gasteiger partial charge in [-0.1, -0.05) is 48.5 Å². The molecule has 1 fully saturated rings. The molecule has 0 unspecified atom stereocenters. The van der Waals surface area contributed by atoms with Gasteiger partial charge in [0.1, 0.15) is 0 Å². The molecule has 0 atom stereocenters. The lowest BCUT2D eigenvalue weighted by molar-refractivity contribution is -0.110. The highest BCUT2D eigenvalue weighted by Crippen LogP contribution is 2.38. The lowest BCUT2D eigenvalue weighted by Gasteiger charge is -2.26. The number of fused-ring (bicyclic) bond motifs is 1. The number of carbonyl (C=O) groups excluding carboxylic acids is 2. The van der Waals surface area contributed by atoms with E-state index in [1.807, 2.05) is 42.5 Å². The van der Waals surface area contributed by atoms with Crippen LogP contribution in [0.25, 0.3) is 11.3 Å². The van der Waals surface area contributed by atoms with Crippen molar-refractivity contribution in [1.29, 1.82) is 0 Å². The summed E-state index contributed by atoms with van der Waals surface area (Å²) in [5, 5.41) is 6.34. The van der Waals surface area contributed by atoms with E-state index in [4.69, 9.17) is 10.5 Å². The molecule has 7 heteroatoms. The molecule has 0 bridgehead atoms. The average Bonchev–Trinajstić information content (AvgIpc) is 3.19. The first-order valence-electron chi connectivity index (χ1n) is 11.3. The standard InChI is InChI=1S/C27H26N4O3/c28-26(32)20-8-11-22-23(16-20)30-27(33)24(22)25(19-4-2-1-3-5-19)29-21-9-6-18(7-10-21)17-31-12-14-34-15-13-31/h1-11,16,29H,12-15,17H2,(H2,28,32)(H,30,33)/b25-24-. The third kappa shape index (κ3) is 4.57. The number of benzene rings is 3. The van der Waals surface area contributed by atoms with E-state index in [2.05, 4.69) is 27.7 Å². The molecule has 2 aliphatic rings. The number of ether oxygens (including phenoxy) is 1. The van der Waals surface area contributed by atoms with Crippen LogP contribution in [0.4, 0.5) is 11.4 Å². The minimum Gasteiger partial charge on any atom is -0.379 e. The van der Waals surface area contributed by atoms with E-state index in [9.17, 15) is 9.59 Å². The molecule has 0 radical (unpaired) electrons. The fraction of sp³-hybridized carbons (Fsp3) is 0.185. The van der Waals surface area contributed by atoms with E-state index >= 15 is 0 Å². The molecule has 0 spiro atoms. The van der Waals surface area contributed by atoms with Gasteiger partial charge in [-0.15, -0.1) is 0 Å². The summed E-state index contributed by atoms with van der Waals surface area (Å²) in [4.78, 5) is 27.0. The third-order valence-corrected chi connectivity index (χ3v) is 6.09. The van der Waals surface area contributed by atoms with Crippen LogP contribution >= 0.6 is 0 Å². The number of nitrogens with zero attached hydrogens (tertiary/aromatic N) is 1. The Balaban J connectivity index is 1.48. The minimum atomic E-state index is -0.534. The van der Waals surface area contributed by atoms with Crippen LogP contribution in [0.3, 0.4) is 0 Å². The summed E-state index contributed by atoms with van der Waals surface area (Å²) < 4.78 is 5.43. The normalized spacial score (nSPS) is 17.1. The first-order valence-corrected chi connectivity index (χ1v) is 11.3. The molecule has 172 valence electrons. The van der Waals surface area contributed by atoms with Crippen molar-refractivity contribution < 1.29 is 14.3 Å². The van der Waals surface area contributed by atoms with Gasteiger partial charge >= 0.3 is 0 Å². The summed E-state index contributed by atoms with van der Waals surface area (Å²) in [5.41, 5.74) is 11.3. The quantitative estimate of drug-likeness (QED) is 0.495. The van der Waals surface area contributed by atoms with Crippen LogP contribution in [0.1, 0.15) is 27.0 Å². The van der Waals surface area contributed by atoms with Gasteiger partial charge in [-0.25, -0.2) is 0 Å². The van der Waals surface area contributed by atoms with Crippen LogP contribution in [0.15, 0.2) is 72.8 Å². The van der Waals surface area contributed by atoms with Gasteiger partial charge in [0.25, 0.3) is 5.91 Å². The first-order chi connectivity index (χ1) is 16.6. The Morgan fingerprint density at radius 2 is 1.71 bits per heavy atom. The molecule has 3 aromatic carbocycles. The number of anilines is 2. The number of hydrogen-bond acceptors (Lipinski definition) is 5. The molecule has 0 saturated carbocycles. The van der Waals surface area contributed by atoms with Gasteiger partial charge in [0.05, 0.1) is 24.5 Å². The van der Waals surface area contributed by atoms with E-state index in [0.717, 1.165) is 49.7 Å². The maximum atomic E-state index is 13.1. The fourth-order valence-corrected chi connectivity index (χ4v) is 4.31. The first kappa shape index (κ1) is 21.9. The monoisotopic (exact) mass is 454 g/mol. The van der Waals surface area contributed by atoms with E-state index in [1.165, 1.54) is 5.56 Å². The van der Waals surface area contributed by atoms with Crippen molar-refractivity contribution >= 4 is 34.5 Å². The Kier molecular flexibility index (Phi) is 6.12. The van der Waals surface area contributed by atoms with Gasteiger partial charge in [0, 0.05) is 42.1 Å². The summed E-state index contributed by atoms with van der Waals surface area (Å²) in [6.45, 7) is 4.32. The molecule has 34 heavy (non-hydrogen) atoms. The number of hydrogen-bond donors (Lipinski definition) is 3. The number of nitrogens with two attached hydrogens (primary N) is 1. The second kappa shape index (κ2) is 9.51. The Morgan fingerprint density at radius 1 is 0.971 bits per heavy atom. The predicted octanol–water partition coefficient (Wildman–Crippen LogP) is 3.55. The Morgan fingerprint density at radius 3 is 2.41 bits per heavy atom. The van der Waals surface area contributed by atoms with Gasteiger partial charge in [-0.2, -0.15) is 0 Å². The van der Waals surface area contributed by atoms with Crippen molar-refractivity contribution in [3.8, 4) is 0 Å². The number of amides is 2. The van der Waals surface area contributed by atoms with Gasteiger partial charge < -0.3 is 21.1 Å². The highest BCUT2D eigenvalue weighted by molar-refractivity contribution is 6.37. The van der Waals surface area contributed by atoms with Crippen LogP contribution in [-0.4, -0.2) is 43.0 Å². The Labute approximate surface area is 198 Å². The van der Waals surface area contributed by atoms with Crippen molar-refractivity contribution in [2.75, 3.05) is 36.9 Å². The van der Waals surface area contributed by atoms with Crippen LogP contribution in [0, 0.1) is 0 Å². The molecule has 0 aromatic heterocycles. The Bertz CT molecular complexity index is 1250. The molecule has 3 aromatic rings. The number of nitrogens with one attached hydrogen (secondary N) is 2. The van der Waals surface area contributed by atoms with E-state index < -0.39 is 5.91 Å². The fourth-order valence-electron chi connectivity index (χ4n) is 4.31. The van der Waals surface area contributed by atoms with Gasteiger partial charge in [-0.05, 0) is 35.4 Å². The zero-order chi connectivity index (χ0) is 23.5. The number of rotatable bonds is 6. The number of morpholine rings is 1. The highest BCUT2D eigenvalue weighted by atomic mass is 16.5. The molecular formula is C27H26N4O3. The molecule has 2 amide bonds. The van der Waals surface area contributed by atoms with Gasteiger partial charge in [0.2, 0.25) is 5.91 Å². The molecule has 7 nitrogen and oxygen atoms in total.